The van der Waals surface area contributed by atoms with E-state index in [2.05, 4.69) is 39.0 Å². The van der Waals surface area contributed by atoms with Crippen molar-refractivity contribution in [2.75, 3.05) is 0 Å². The maximum atomic E-state index is 9.17. The van der Waals surface area contributed by atoms with Crippen molar-refractivity contribution in [3.63, 3.8) is 0 Å². The minimum Gasteiger partial charge on any atom is -0.193 e. The summed E-state index contributed by atoms with van der Waals surface area (Å²) >= 11 is 0. The minimum atomic E-state index is 0.248. The highest BCUT2D eigenvalue weighted by molar-refractivity contribution is 5.39. The first-order valence-corrected chi connectivity index (χ1v) is 6.36. The van der Waals surface area contributed by atoms with Crippen molar-refractivity contribution >= 4 is 0 Å². The number of allylic oxidation sites excluding steroid dienone is 4. The molecule has 0 aromatic rings. The summed E-state index contributed by atoms with van der Waals surface area (Å²) in [6.07, 6.45) is 9.37. The molecule has 2 rings (SSSR count). The highest BCUT2D eigenvalue weighted by Crippen LogP contribution is 2.47. The van der Waals surface area contributed by atoms with Crippen molar-refractivity contribution in [2.24, 2.45) is 17.3 Å². The van der Waals surface area contributed by atoms with E-state index in [0.717, 1.165) is 5.57 Å². The van der Waals surface area contributed by atoms with Crippen LogP contribution in [0.25, 0.3) is 0 Å². The summed E-state index contributed by atoms with van der Waals surface area (Å²) in [4.78, 5) is 0. The molecule has 1 fully saturated rings. The van der Waals surface area contributed by atoms with Gasteiger partial charge in [0.15, 0.2) is 0 Å². The Morgan fingerprint density at radius 2 is 1.75 bits per heavy atom. The first kappa shape index (κ1) is 11.5. The van der Waals surface area contributed by atoms with Crippen molar-refractivity contribution in [2.45, 2.75) is 46.5 Å². The lowest BCUT2D eigenvalue weighted by atomic mass is 9.64. The monoisotopic (exact) mass is 215 g/mol. The fraction of sp³-hybridized carbons (Fsp3) is 0.667. The van der Waals surface area contributed by atoms with Gasteiger partial charge >= 0.3 is 0 Å². The van der Waals surface area contributed by atoms with Crippen LogP contribution in [0.2, 0.25) is 0 Å². The predicted octanol–water partition coefficient (Wildman–Crippen LogP) is 4.23. The van der Waals surface area contributed by atoms with Gasteiger partial charge in [0.1, 0.15) is 0 Å². The second kappa shape index (κ2) is 4.09. The van der Waals surface area contributed by atoms with Crippen molar-refractivity contribution in [3.05, 3.63) is 23.3 Å². The van der Waals surface area contributed by atoms with Gasteiger partial charge in [-0.2, -0.15) is 5.26 Å². The average molecular weight is 215 g/mol. The third-order valence-electron chi connectivity index (χ3n) is 4.00. The molecule has 2 aliphatic carbocycles. The SMILES string of the molecule is CC(C)(C)C1=CC=C(C#N)C2CCCCC12. The highest BCUT2D eigenvalue weighted by atomic mass is 14.4. The van der Waals surface area contributed by atoms with Crippen molar-refractivity contribution in [1.29, 1.82) is 5.26 Å². The van der Waals surface area contributed by atoms with E-state index in [4.69, 9.17) is 0 Å². The fourth-order valence-corrected chi connectivity index (χ4v) is 3.23. The first-order chi connectivity index (χ1) is 7.54. The Kier molecular flexibility index (Phi) is 2.93. The van der Waals surface area contributed by atoms with E-state index in [1.165, 1.54) is 25.7 Å². The van der Waals surface area contributed by atoms with Crippen LogP contribution in [0.1, 0.15) is 46.5 Å². The quantitative estimate of drug-likeness (QED) is 0.593. The number of nitrogens with zero attached hydrogens (tertiary/aromatic N) is 1. The summed E-state index contributed by atoms with van der Waals surface area (Å²) in [5.41, 5.74) is 2.81. The maximum absolute atomic E-state index is 9.17. The van der Waals surface area contributed by atoms with Crippen LogP contribution in [-0.2, 0) is 0 Å². The molecule has 0 amide bonds. The van der Waals surface area contributed by atoms with Gasteiger partial charge in [-0.25, -0.2) is 0 Å². The number of hydrogen-bond acceptors (Lipinski definition) is 1. The van der Waals surface area contributed by atoms with Crippen molar-refractivity contribution in [3.8, 4) is 6.07 Å². The molecule has 0 aromatic carbocycles. The van der Waals surface area contributed by atoms with Gasteiger partial charge in [-0.1, -0.05) is 45.3 Å². The van der Waals surface area contributed by atoms with Crippen LogP contribution in [0.4, 0.5) is 0 Å². The van der Waals surface area contributed by atoms with Crippen LogP contribution in [0.3, 0.4) is 0 Å². The van der Waals surface area contributed by atoms with Crippen LogP contribution >= 0.6 is 0 Å². The molecule has 16 heavy (non-hydrogen) atoms. The second-order valence-electron chi connectivity index (χ2n) is 6.10. The molecule has 1 nitrogen and oxygen atoms in total. The summed E-state index contributed by atoms with van der Waals surface area (Å²) in [6.45, 7) is 6.86. The van der Waals surface area contributed by atoms with Gasteiger partial charge in [0.25, 0.3) is 0 Å². The maximum Gasteiger partial charge on any atom is 0.0950 e. The number of hydrogen-bond donors (Lipinski definition) is 0. The molecule has 0 bridgehead atoms. The zero-order chi connectivity index (χ0) is 11.8. The molecule has 0 radical (unpaired) electrons. The largest absolute Gasteiger partial charge is 0.193 e. The molecule has 2 atom stereocenters. The summed E-state index contributed by atoms with van der Waals surface area (Å²) in [5.74, 6) is 1.14. The zero-order valence-corrected chi connectivity index (χ0v) is 10.6. The Balaban J connectivity index is 2.37. The van der Waals surface area contributed by atoms with Gasteiger partial charge in [-0.3, -0.25) is 0 Å². The molecule has 2 unspecified atom stereocenters. The van der Waals surface area contributed by atoms with Gasteiger partial charge in [0.2, 0.25) is 0 Å². The van der Waals surface area contributed by atoms with Gasteiger partial charge < -0.3 is 0 Å². The summed E-state index contributed by atoms with van der Waals surface area (Å²) in [5, 5.41) is 9.17. The molecule has 2 aliphatic rings. The first-order valence-electron chi connectivity index (χ1n) is 6.36. The molecule has 0 heterocycles. The van der Waals surface area contributed by atoms with E-state index >= 15 is 0 Å². The normalized spacial score (nSPS) is 29.9. The van der Waals surface area contributed by atoms with Gasteiger partial charge in [-0.05, 0) is 30.3 Å². The molecule has 0 N–H and O–H groups in total. The van der Waals surface area contributed by atoms with Gasteiger partial charge in [0.05, 0.1) is 6.07 Å². The third kappa shape index (κ3) is 1.94. The molecule has 0 saturated heterocycles. The number of rotatable bonds is 0. The third-order valence-corrected chi connectivity index (χ3v) is 4.00. The Hall–Kier alpha value is -1.03. The van der Waals surface area contributed by atoms with Crippen LogP contribution in [-0.4, -0.2) is 0 Å². The fourth-order valence-electron chi connectivity index (χ4n) is 3.23. The molecule has 86 valence electrons. The lowest BCUT2D eigenvalue weighted by Crippen LogP contribution is -2.30. The van der Waals surface area contributed by atoms with Gasteiger partial charge in [0, 0.05) is 11.5 Å². The Bertz CT molecular complexity index is 373. The Morgan fingerprint density at radius 3 is 2.31 bits per heavy atom. The van der Waals surface area contributed by atoms with E-state index in [0.29, 0.717) is 11.8 Å². The predicted molar refractivity (Wildman–Crippen MR) is 66.7 cm³/mol. The smallest absolute Gasteiger partial charge is 0.0950 e. The Morgan fingerprint density at radius 1 is 1.12 bits per heavy atom. The molecule has 0 spiro atoms. The molecule has 1 heteroatoms. The highest BCUT2D eigenvalue weighted by Gasteiger charge is 2.36. The van der Waals surface area contributed by atoms with Crippen molar-refractivity contribution < 1.29 is 0 Å². The summed E-state index contributed by atoms with van der Waals surface area (Å²) in [7, 11) is 0. The van der Waals surface area contributed by atoms with E-state index in [9.17, 15) is 5.26 Å². The van der Waals surface area contributed by atoms with Crippen LogP contribution < -0.4 is 0 Å². The molecule has 0 aromatic heterocycles. The van der Waals surface area contributed by atoms with Crippen LogP contribution in [0.5, 0.6) is 0 Å². The van der Waals surface area contributed by atoms with E-state index in [-0.39, 0.29) is 5.41 Å². The topological polar surface area (TPSA) is 23.8 Å². The van der Waals surface area contributed by atoms with E-state index in [1.807, 2.05) is 0 Å². The van der Waals surface area contributed by atoms with Crippen LogP contribution in [0.15, 0.2) is 23.3 Å². The molecule has 0 aliphatic heterocycles. The molecular weight excluding hydrogens is 194 g/mol. The van der Waals surface area contributed by atoms with E-state index in [1.54, 1.807) is 5.57 Å². The number of fused-ring (bicyclic) bond motifs is 1. The number of nitriles is 1. The summed E-state index contributed by atoms with van der Waals surface area (Å²) < 4.78 is 0. The minimum absolute atomic E-state index is 0.248. The molecule has 1 saturated carbocycles. The van der Waals surface area contributed by atoms with E-state index < -0.39 is 0 Å². The standard InChI is InChI=1S/C15H21N/c1-15(2,3)14-9-8-11(10-16)12-6-4-5-7-13(12)14/h8-9,12-13H,4-7H2,1-3H3. The second-order valence-corrected chi connectivity index (χ2v) is 6.10. The zero-order valence-electron chi connectivity index (χ0n) is 10.6. The van der Waals surface area contributed by atoms with Gasteiger partial charge in [-0.15, -0.1) is 0 Å². The van der Waals surface area contributed by atoms with Crippen molar-refractivity contribution in [1.82, 2.24) is 0 Å². The molecular formula is C15H21N. The van der Waals surface area contributed by atoms with Crippen LogP contribution in [0, 0.1) is 28.6 Å². The lowest BCUT2D eigenvalue weighted by Gasteiger charge is -2.40. The average Bonchev–Trinajstić information content (AvgIpc) is 2.26. The Labute approximate surface area is 98.9 Å². The summed E-state index contributed by atoms with van der Waals surface area (Å²) in [6, 6.07) is 2.39. The lowest BCUT2D eigenvalue weighted by molar-refractivity contribution is 0.270.